The van der Waals surface area contributed by atoms with E-state index in [4.69, 9.17) is 4.74 Å². The molecular formula is C28H44O2. The number of unbranched alkanes of at least 4 members (excludes halogenated alkanes) is 3. The van der Waals surface area contributed by atoms with Gasteiger partial charge in [-0.25, -0.2) is 4.79 Å². The fraction of sp³-hybridized carbons (Fsp3) is 0.750. The molecule has 2 fully saturated rings. The van der Waals surface area contributed by atoms with E-state index in [1.54, 1.807) is 0 Å². The third-order valence-electron chi connectivity index (χ3n) is 7.85. The monoisotopic (exact) mass is 412 g/mol. The Labute approximate surface area is 185 Å². The lowest BCUT2D eigenvalue weighted by molar-refractivity contribution is 0.0505. The maximum absolute atomic E-state index is 12.0. The number of carbonyl (C=O) groups is 1. The first-order valence-electron chi connectivity index (χ1n) is 13.0. The van der Waals surface area contributed by atoms with Crippen molar-refractivity contribution in [3.8, 4) is 0 Å². The molecule has 0 amide bonds. The zero-order chi connectivity index (χ0) is 21.2. The van der Waals surface area contributed by atoms with Gasteiger partial charge in [0.25, 0.3) is 0 Å². The van der Waals surface area contributed by atoms with Gasteiger partial charge in [0.15, 0.2) is 0 Å². The first-order chi connectivity index (χ1) is 14.7. The minimum Gasteiger partial charge on any atom is -0.462 e. The van der Waals surface area contributed by atoms with E-state index in [-0.39, 0.29) is 5.97 Å². The Kier molecular flexibility index (Phi) is 9.75. The Morgan fingerprint density at radius 3 is 2.03 bits per heavy atom. The number of benzene rings is 1. The number of ether oxygens (including phenoxy) is 1. The molecule has 0 unspecified atom stereocenters. The summed E-state index contributed by atoms with van der Waals surface area (Å²) in [7, 11) is 0. The topological polar surface area (TPSA) is 26.3 Å². The first kappa shape index (κ1) is 23.4. The van der Waals surface area contributed by atoms with Crippen LogP contribution in [0.3, 0.4) is 0 Å². The van der Waals surface area contributed by atoms with E-state index < -0.39 is 0 Å². The highest BCUT2D eigenvalue weighted by molar-refractivity contribution is 5.89. The van der Waals surface area contributed by atoms with Gasteiger partial charge in [-0.1, -0.05) is 70.9 Å². The first-order valence-corrected chi connectivity index (χ1v) is 13.0. The van der Waals surface area contributed by atoms with Gasteiger partial charge in [0.05, 0.1) is 12.2 Å². The largest absolute Gasteiger partial charge is 0.462 e. The van der Waals surface area contributed by atoms with Crippen LogP contribution in [0.15, 0.2) is 24.3 Å². The zero-order valence-corrected chi connectivity index (χ0v) is 19.5. The molecule has 0 N–H and O–H groups in total. The molecule has 0 saturated heterocycles. The van der Waals surface area contributed by atoms with Crippen LogP contribution in [0.25, 0.3) is 0 Å². The highest BCUT2D eigenvalue weighted by atomic mass is 16.5. The van der Waals surface area contributed by atoms with Crippen molar-refractivity contribution in [2.24, 2.45) is 17.8 Å². The summed E-state index contributed by atoms with van der Waals surface area (Å²) in [5.41, 5.74) is 2.10. The van der Waals surface area contributed by atoms with Gasteiger partial charge in [0, 0.05) is 0 Å². The summed E-state index contributed by atoms with van der Waals surface area (Å²) in [5.74, 6) is 3.47. The molecule has 2 aliphatic carbocycles. The average Bonchev–Trinajstić information content (AvgIpc) is 2.81. The predicted molar refractivity (Wildman–Crippen MR) is 126 cm³/mol. The summed E-state index contributed by atoms with van der Waals surface area (Å²) in [6, 6.07) is 8.25. The molecule has 168 valence electrons. The minimum atomic E-state index is -0.187. The van der Waals surface area contributed by atoms with Crippen LogP contribution in [-0.4, -0.2) is 12.6 Å². The van der Waals surface area contributed by atoms with Crippen molar-refractivity contribution in [2.45, 2.75) is 110 Å². The third-order valence-corrected chi connectivity index (χ3v) is 7.85. The van der Waals surface area contributed by atoms with Crippen LogP contribution in [0, 0.1) is 17.8 Å². The Hall–Kier alpha value is -1.31. The predicted octanol–water partition coefficient (Wildman–Crippen LogP) is 8.30. The van der Waals surface area contributed by atoms with Crippen molar-refractivity contribution in [2.75, 3.05) is 6.61 Å². The van der Waals surface area contributed by atoms with Gasteiger partial charge < -0.3 is 4.74 Å². The number of hydrogen-bond donors (Lipinski definition) is 0. The van der Waals surface area contributed by atoms with Crippen molar-refractivity contribution < 1.29 is 9.53 Å². The second-order valence-corrected chi connectivity index (χ2v) is 10.00. The second kappa shape index (κ2) is 12.5. The van der Waals surface area contributed by atoms with Crippen LogP contribution in [0.2, 0.25) is 0 Å². The summed E-state index contributed by atoms with van der Waals surface area (Å²) in [6.45, 7) is 4.83. The van der Waals surface area contributed by atoms with Crippen molar-refractivity contribution in [1.29, 1.82) is 0 Å². The number of esters is 1. The van der Waals surface area contributed by atoms with E-state index in [0.29, 0.717) is 18.1 Å². The molecule has 0 aliphatic heterocycles. The molecule has 0 bridgehead atoms. The van der Waals surface area contributed by atoms with E-state index >= 15 is 0 Å². The molecular weight excluding hydrogens is 368 g/mol. The molecule has 2 aliphatic rings. The Morgan fingerprint density at radius 2 is 1.43 bits per heavy atom. The molecule has 3 rings (SSSR count). The fourth-order valence-electron chi connectivity index (χ4n) is 5.90. The van der Waals surface area contributed by atoms with Crippen molar-refractivity contribution >= 4 is 5.97 Å². The SMILES string of the molecule is CCCCCCC1CCC(C2CCC(c3ccc(C(=O)OCCC)cc3)CC2)CC1. The molecule has 30 heavy (non-hydrogen) atoms. The maximum Gasteiger partial charge on any atom is 0.338 e. The van der Waals surface area contributed by atoms with Crippen LogP contribution < -0.4 is 0 Å². The minimum absolute atomic E-state index is 0.187. The van der Waals surface area contributed by atoms with E-state index in [9.17, 15) is 4.79 Å². The Morgan fingerprint density at radius 1 is 0.800 bits per heavy atom. The Bertz CT molecular complexity index is 604. The summed E-state index contributed by atoms with van der Waals surface area (Å²) in [5, 5.41) is 0. The van der Waals surface area contributed by atoms with Gasteiger partial charge in [0.1, 0.15) is 0 Å². The molecule has 1 aromatic carbocycles. The van der Waals surface area contributed by atoms with Gasteiger partial charge >= 0.3 is 5.97 Å². The summed E-state index contributed by atoms with van der Waals surface area (Å²) >= 11 is 0. The smallest absolute Gasteiger partial charge is 0.338 e. The molecule has 0 radical (unpaired) electrons. The molecule has 0 spiro atoms. The molecule has 2 heteroatoms. The van der Waals surface area contributed by atoms with E-state index in [0.717, 1.165) is 24.2 Å². The standard InChI is InChI=1S/C28H44O2/c1-3-5-6-7-8-22-9-11-23(12-10-22)24-13-15-25(16-14-24)26-17-19-27(20-18-26)28(29)30-21-4-2/h17-20,22-25H,3-16,21H2,1-2H3. The lowest BCUT2D eigenvalue weighted by Crippen LogP contribution is -2.25. The summed E-state index contributed by atoms with van der Waals surface area (Å²) in [4.78, 5) is 12.0. The molecule has 0 heterocycles. The zero-order valence-electron chi connectivity index (χ0n) is 19.5. The fourth-order valence-corrected chi connectivity index (χ4v) is 5.90. The van der Waals surface area contributed by atoms with Crippen molar-refractivity contribution in [1.82, 2.24) is 0 Å². The Balaban J connectivity index is 1.38. The quantitative estimate of drug-likeness (QED) is 0.285. The van der Waals surface area contributed by atoms with Crippen LogP contribution in [0.5, 0.6) is 0 Å². The molecule has 0 atom stereocenters. The van der Waals surface area contributed by atoms with Crippen LogP contribution in [0.4, 0.5) is 0 Å². The average molecular weight is 413 g/mol. The maximum atomic E-state index is 12.0. The van der Waals surface area contributed by atoms with E-state index in [2.05, 4.69) is 19.1 Å². The van der Waals surface area contributed by atoms with Crippen molar-refractivity contribution in [3.05, 3.63) is 35.4 Å². The highest BCUT2D eigenvalue weighted by Gasteiger charge is 2.31. The van der Waals surface area contributed by atoms with Gasteiger partial charge in [-0.15, -0.1) is 0 Å². The van der Waals surface area contributed by atoms with E-state index in [1.807, 2.05) is 19.1 Å². The van der Waals surface area contributed by atoms with Gasteiger partial charge in [-0.2, -0.15) is 0 Å². The molecule has 2 nitrogen and oxygen atoms in total. The van der Waals surface area contributed by atoms with Crippen LogP contribution >= 0.6 is 0 Å². The second-order valence-electron chi connectivity index (χ2n) is 10.00. The molecule has 2 saturated carbocycles. The van der Waals surface area contributed by atoms with Crippen LogP contribution in [0.1, 0.15) is 126 Å². The van der Waals surface area contributed by atoms with E-state index in [1.165, 1.54) is 89.0 Å². The summed E-state index contributed by atoms with van der Waals surface area (Å²) in [6.07, 6.45) is 19.4. The summed E-state index contributed by atoms with van der Waals surface area (Å²) < 4.78 is 5.24. The third kappa shape index (κ3) is 6.86. The number of rotatable bonds is 10. The van der Waals surface area contributed by atoms with Gasteiger partial charge in [-0.05, 0) is 86.3 Å². The van der Waals surface area contributed by atoms with Crippen LogP contribution in [-0.2, 0) is 4.74 Å². The normalized spacial score (nSPS) is 27.0. The molecule has 0 aromatic heterocycles. The number of hydrogen-bond acceptors (Lipinski definition) is 2. The van der Waals surface area contributed by atoms with Gasteiger partial charge in [0.2, 0.25) is 0 Å². The van der Waals surface area contributed by atoms with Gasteiger partial charge in [-0.3, -0.25) is 0 Å². The van der Waals surface area contributed by atoms with Crippen molar-refractivity contribution in [3.63, 3.8) is 0 Å². The molecule has 1 aromatic rings. The highest BCUT2D eigenvalue weighted by Crippen LogP contribution is 2.44. The lowest BCUT2D eigenvalue weighted by Gasteiger charge is -2.38. The lowest BCUT2D eigenvalue weighted by atomic mass is 9.68. The number of carbonyl (C=O) groups excluding carboxylic acids is 1.